The van der Waals surface area contributed by atoms with Crippen molar-refractivity contribution in [2.75, 3.05) is 6.54 Å². The summed E-state index contributed by atoms with van der Waals surface area (Å²) in [6.07, 6.45) is 7.13. The number of hydrogen-bond acceptors (Lipinski definition) is 4. The second kappa shape index (κ2) is 7.55. The van der Waals surface area contributed by atoms with Crippen LogP contribution < -0.4 is 5.32 Å². The zero-order valence-electron chi connectivity index (χ0n) is 12.6. The van der Waals surface area contributed by atoms with Crippen molar-refractivity contribution in [1.29, 1.82) is 0 Å². The molecule has 0 saturated carbocycles. The average Bonchev–Trinajstić information content (AvgIpc) is 3.04. The summed E-state index contributed by atoms with van der Waals surface area (Å²) < 4.78 is 2.26. The van der Waals surface area contributed by atoms with Gasteiger partial charge in [-0.05, 0) is 26.3 Å². The number of imidazole rings is 1. The molecule has 20 heavy (non-hydrogen) atoms. The van der Waals surface area contributed by atoms with Gasteiger partial charge in [0.05, 0.1) is 16.7 Å². The quantitative estimate of drug-likeness (QED) is 0.811. The van der Waals surface area contributed by atoms with E-state index in [2.05, 4.69) is 52.2 Å². The first-order chi connectivity index (χ1) is 9.74. The fraction of sp³-hybridized carbons (Fsp3) is 0.600. The maximum absolute atomic E-state index is 4.59. The lowest BCUT2D eigenvalue weighted by molar-refractivity contribution is 0.473. The first-order valence-electron chi connectivity index (χ1n) is 7.40. The summed E-state index contributed by atoms with van der Waals surface area (Å²) in [5, 5.41) is 6.90. The molecule has 0 aromatic carbocycles. The molecule has 0 bridgehead atoms. The van der Waals surface area contributed by atoms with Gasteiger partial charge in [-0.1, -0.05) is 13.8 Å². The van der Waals surface area contributed by atoms with Gasteiger partial charge in [-0.15, -0.1) is 11.3 Å². The highest BCUT2D eigenvalue weighted by Gasteiger charge is 2.18. The zero-order valence-corrected chi connectivity index (χ0v) is 13.4. The monoisotopic (exact) mass is 292 g/mol. The van der Waals surface area contributed by atoms with Crippen LogP contribution in [0.15, 0.2) is 17.8 Å². The van der Waals surface area contributed by atoms with Crippen LogP contribution in [0.5, 0.6) is 0 Å². The number of hydrogen-bond donors (Lipinski definition) is 1. The molecule has 2 aromatic heterocycles. The highest BCUT2D eigenvalue weighted by Crippen LogP contribution is 2.19. The molecule has 0 aliphatic rings. The molecule has 0 fully saturated rings. The molecule has 0 radical (unpaired) electrons. The lowest BCUT2D eigenvalue weighted by Crippen LogP contribution is -2.27. The van der Waals surface area contributed by atoms with Gasteiger partial charge in [0.15, 0.2) is 0 Å². The van der Waals surface area contributed by atoms with Gasteiger partial charge in [-0.25, -0.2) is 9.97 Å². The van der Waals surface area contributed by atoms with E-state index in [-0.39, 0.29) is 6.04 Å². The van der Waals surface area contributed by atoms with E-state index in [0.29, 0.717) is 0 Å². The van der Waals surface area contributed by atoms with E-state index >= 15 is 0 Å². The van der Waals surface area contributed by atoms with Crippen LogP contribution in [0.1, 0.15) is 49.3 Å². The lowest BCUT2D eigenvalue weighted by Gasteiger charge is -2.18. The van der Waals surface area contributed by atoms with Gasteiger partial charge in [0, 0.05) is 30.7 Å². The van der Waals surface area contributed by atoms with Crippen LogP contribution in [0.2, 0.25) is 0 Å². The van der Waals surface area contributed by atoms with Crippen LogP contribution in [-0.2, 0) is 13.0 Å². The van der Waals surface area contributed by atoms with Gasteiger partial charge in [0.25, 0.3) is 0 Å². The summed E-state index contributed by atoms with van der Waals surface area (Å²) in [4.78, 5) is 9.15. The van der Waals surface area contributed by atoms with Crippen LogP contribution >= 0.6 is 11.3 Å². The highest BCUT2D eigenvalue weighted by atomic mass is 32.1. The van der Waals surface area contributed by atoms with E-state index in [4.69, 9.17) is 0 Å². The molecule has 0 aliphatic carbocycles. The smallest absolute Gasteiger partial charge is 0.126 e. The van der Waals surface area contributed by atoms with Crippen LogP contribution in [0.25, 0.3) is 0 Å². The Labute approximate surface area is 125 Å². The second-order valence-corrected chi connectivity index (χ2v) is 6.11. The van der Waals surface area contributed by atoms with Gasteiger partial charge in [0.1, 0.15) is 5.82 Å². The minimum absolute atomic E-state index is 0.248. The Kier molecular flexibility index (Phi) is 5.73. The highest BCUT2D eigenvalue weighted by molar-refractivity contribution is 7.09. The fourth-order valence-corrected chi connectivity index (χ4v) is 2.97. The van der Waals surface area contributed by atoms with Crippen molar-refractivity contribution in [3.63, 3.8) is 0 Å². The zero-order chi connectivity index (χ0) is 14.4. The van der Waals surface area contributed by atoms with Crippen molar-refractivity contribution in [3.05, 3.63) is 34.3 Å². The third-order valence-corrected chi connectivity index (χ3v) is 4.07. The Morgan fingerprint density at radius 3 is 2.85 bits per heavy atom. The first kappa shape index (κ1) is 15.2. The van der Waals surface area contributed by atoms with E-state index in [0.717, 1.165) is 48.9 Å². The second-order valence-electron chi connectivity index (χ2n) is 5.05. The van der Waals surface area contributed by atoms with E-state index in [1.807, 2.05) is 6.20 Å². The lowest BCUT2D eigenvalue weighted by atomic mass is 10.1. The number of rotatable bonds is 8. The van der Waals surface area contributed by atoms with Crippen LogP contribution in [-0.4, -0.2) is 21.1 Å². The van der Waals surface area contributed by atoms with Crippen molar-refractivity contribution in [1.82, 2.24) is 19.9 Å². The number of aromatic nitrogens is 3. The first-order valence-corrected chi connectivity index (χ1v) is 8.28. The third-order valence-electron chi connectivity index (χ3n) is 3.24. The standard InChI is InChI=1S/C15H24N4S/c1-4-6-16-14(10-13-11-20-12(3)18-13)15-17-7-9-19(15)8-5-2/h7,9,11,14,16H,4-6,8,10H2,1-3H3. The number of nitrogens with zero attached hydrogens (tertiary/aromatic N) is 3. The molecule has 1 N–H and O–H groups in total. The SMILES string of the molecule is CCCNC(Cc1csc(C)n1)c1nccn1CCC. The van der Waals surface area contributed by atoms with Crippen molar-refractivity contribution in [2.24, 2.45) is 0 Å². The molecule has 1 unspecified atom stereocenters. The van der Waals surface area contributed by atoms with Crippen LogP contribution in [0.3, 0.4) is 0 Å². The Balaban J connectivity index is 2.15. The predicted octanol–water partition coefficient (Wildman–Crippen LogP) is 3.34. The van der Waals surface area contributed by atoms with Gasteiger partial charge in [0.2, 0.25) is 0 Å². The molecular weight excluding hydrogens is 268 g/mol. The summed E-state index contributed by atoms with van der Waals surface area (Å²) in [6.45, 7) is 8.47. The molecule has 2 heterocycles. The molecule has 110 valence electrons. The topological polar surface area (TPSA) is 42.7 Å². The van der Waals surface area contributed by atoms with Gasteiger partial charge >= 0.3 is 0 Å². The van der Waals surface area contributed by atoms with Gasteiger partial charge < -0.3 is 9.88 Å². The molecule has 4 nitrogen and oxygen atoms in total. The number of aryl methyl sites for hydroxylation is 2. The van der Waals surface area contributed by atoms with Crippen LogP contribution in [0, 0.1) is 6.92 Å². The third kappa shape index (κ3) is 3.90. The molecule has 2 aromatic rings. The molecule has 5 heteroatoms. The van der Waals surface area contributed by atoms with E-state index < -0.39 is 0 Å². The minimum atomic E-state index is 0.248. The Bertz CT molecular complexity index is 517. The Morgan fingerprint density at radius 1 is 1.35 bits per heavy atom. The summed E-state index contributed by atoms with van der Waals surface area (Å²) in [5.74, 6) is 1.13. The maximum atomic E-state index is 4.59. The van der Waals surface area contributed by atoms with Crippen molar-refractivity contribution in [3.8, 4) is 0 Å². The van der Waals surface area contributed by atoms with E-state index in [1.54, 1.807) is 11.3 Å². The molecule has 1 atom stereocenters. The van der Waals surface area contributed by atoms with E-state index in [1.165, 1.54) is 0 Å². The summed E-state index contributed by atoms with van der Waals surface area (Å²) in [5.41, 5.74) is 1.16. The molecule has 2 rings (SSSR count). The summed E-state index contributed by atoms with van der Waals surface area (Å²) >= 11 is 1.72. The molecule has 0 spiro atoms. The summed E-state index contributed by atoms with van der Waals surface area (Å²) in [6, 6.07) is 0.248. The Morgan fingerprint density at radius 2 is 2.20 bits per heavy atom. The molecule has 0 amide bonds. The predicted molar refractivity (Wildman–Crippen MR) is 84.1 cm³/mol. The minimum Gasteiger partial charge on any atom is -0.334 e. The normalized spacial score (nSPS) is 12.8. The van der Waals surface area contributed by atoms with Crippen LogP contribution in [0.4, 0.5) is 0 Å². The van der Waals surface area contributed by atoms with Crippen molar-refractivity contribution >= 4 is 11.3 Å². The maximum Gasteiger partial charge on any atom is 0.126 e. The number of thiazole rings is 1. The summed E-state index contributed by atoms with van der Waals surface area (Å²) in [7, 11) is 0. The Hall–Kier alpha value is -1.20. The molecule has 0 saturated heterocycles. The van der Waals surface area contributed by atoms with Gasteiger partial charge in [-0.3, -0.25) is 0 Å². The fourth-order valence-electron chi connectivity index (χ4n) is 2.35. The molecule has 0 aliphatic heterocycles. The molecular formula is C15H24N4S. The average molecular weight is 292 g/mol. The van der Waals surface area contributed by atoms with Gasteiger partial charge in [-0.2, -0.15) is 0 Å². The number of nitrogens with one attached hydrogen (secondary N) is 1. The van der Waals surface area contributed by atoms with Crippen molar-refractivity contribution in [2.45, 2.75) is 52.6 Å². The van der Waals surface area contributed by atoms with Crippen molar-refractivity contribution < 1.29 is 0 Å². The van der Waals surface area contributed by atoms with E-state index in [9.17, 15) is 0 Å². The largest absolute Gasteiger partial charge is 0.334 e.